The van der Waals surface area contributed by atoms with Gasteiger partial charge in [0.2, 0.25) is 12.0 Å². The van der Waals surface area contributed by atoms with E-state index >= 15 is 0 Å². The molecular weight excluding hydrogens is 560 g/mol. The lowest BCUT2D eigenvalue weighted by molar-refractivity contribution is -0.249. The zero-order chi connectivity index (χ0) is 30.9. The highest BCUT2D eigenvalue weighted by molar-refractivity contribution is 5.91. The molecule has 5 atom stereocenters. The summed E-state index contributed by atoms with van der Waals surface area (Å²) in [6.45, 7) is 4.00. The second kappa shape index (κ2) is 14.9. The lowest BCUT2D eigenvalue weighted by Gasteiger charge is -2.41. The molecule has 0 aromatic heterocycles. The first-order valence-electron chi connectivity index (χ1n) is 14.8. The maximum absolute atomic E-state index is 13.6. The van der Waals surface area contributed by atoms with Gasteiger partial charge in [-0.3, -0.25) is 0 Å². The summed E-state index contributed by atoms with van der Waals surface area (Å²) >= 11 is 0. The van der Waals surface area contributed by atoms with Crippen LogP contribution in [0.1, 0.15) is 40.9 Å². The van der Waals surface area contributed by atoms with Gasteiger partial charge in [0, 0.05) is 5.92 Å². The van der Waals surface area contributed by atoms with Crippen LogP contribution in [0.5, 0.6) is 17.2 Å². The molecule has 8 heteroatoms. The largest absolute Gasteiger partial charge is 0.485 e. The van der Waals surface area contributed by atoms with Crippen LogP contribution in [0.25, 0.3) is 0 Å². The Bertz CT molecular complexity index is 1410. The molecule has 4 aromatic rings. The van der Waals surface area contributed by atoms with Crippen LogP contribution in [0, 0.1) is 11.8 Å². The van der Waals surface area contributed by atoms with Crippen molar-refractivity contribution in [3.05, 3.63) is 125 Å². The highest BCUT2D eigenvalue weighted by atomic mass is 16.7. The lowest BCUT2D eigenvalue weighted by Crippen LogP contribution is -2.51. The number of esters is 1. The van der Waals surface area contributed by atoms with Crippen LogP contribution in [-0.2, 0) is 29.3 Å². The van der Waals surface area contributed by atoms with Gasteiger partial charge in [0.1, 0.15) is 25.9 Å². The van der Waals surface area contributed by atoms with Crippen LogP contribution < -0.4 is 14.2 Å². The molecule has 0 amide bonds. The molecule has 2 N–H and O–H groups in total. The Labute approximate surface area is 257 Å². The quantitative estimate of drug-likeness (QED) is 0.194. The summed E-state index contributed by atoms with van der Waals surface area (Å²) in [7, 11) is 0. The fourth-order valence-electron chi connectivity index (χ4n) is 4.99. The number of carbonyl (C=O) groups excluding carboxylic acids is 1. The SMILES string of the molecule is CC1[C@H](OC(=O)c2cc(OCc3ccccc3)c(OCc3ccccc3)c(OCc3ccccc3)c2)OC(CO)[C@@H](O)[C@@H]1C. The molecule has 44 heavy (non-hydrogen) atoms. The topological polar surface area (TPSA) is 104 Å². The summed E-state index contributed by atoms with van der Waals surface area (Å²) < 4.78 is 30.4. The standard InChI is InChI=1S/C36H38O8/c1-24-25(2)36(43-32(20-37)33(24)38)44-35(39)29-18-30(40-21-26-12-6-3-7-13-26)34(42-23-28-16-10-5-11-17-28)31(19-29)41-22-27-14-8-4-9-15-27/h3-19,24-25,32-33,36-38H,20-23H2,1-2H3/t24-,25?,32?,33+,36+/m1/s1. The minimum atomic E-state index is -0.963. The second-order valence-electron chi connectivity index (χ2n) is 11.0. The van der Waals surface area contributed by atoms with E-state index in [0.29, 0.717) is 17.2 Å². The van der Waals surface area contributed by atoms with Gasteiger partial charge in [0.05, 0.1) is 18.3 Å². The third-order valence-electron chi connectivity index (χ3n) is 7.85. The van der Waals surface area contributed by atoms with Crippen molar-refractivity contribution in [2.24, 2.45) is 11.8 Å². The smallest absolute Gasteiger partial charge is 0.340 e. The molecule has 0 radical (unpaired) electrons. The van der Waals surface area contributed by atoms with Crippen LogP contribution >= 0.6 is 0 Å². The summed E-state index contributed by atoms with van der Waals surface area (Å²) in [4.78, 5) is 13.6. The Morgan fingerprint density at radius 1 is 0.705 bits per heavy atom. The molecule has 5 rings (SSSR count). The first-order valence-corrected chi connectivity index (χ1v) is 14.8. The number of rotatable bonds is 12. The molecule has 1 saturated heterocycles. The first kappa shape index (κ1) is 31.1. The molecule has 0 spiro atoms. The van der Waals surface area contributed by atoms with Gasteiger partial charge in [-0.1, -0.05) is 105 Å². The molecule has 2 unspecified atom stereocenters. The molecule has 1 heterocycles. The Balaban J connectivity index is 1.47. The lowest BCUT2D eigenvalue weighted by atomic mass is 9.85. The van der Waals surface area contributed by atoms with Crippen molar-refractivity contribution in [1.82, 2.24) is 0 Å². The predicted octanol–water partition coefficient (Wildman–Crippen LogP) is 5.93. The number of benzene rings is 4. The van der Waals surface area contributed by atoms with Gasteiger partial charge in [0.25, 0.3) is 0 Å². The van der Waals surface area contributed by atoms with E-state index in [0.717, 1.165) is 16.7 Å². The van der Waals surface area contributed by atoms with Gasteiger partial charge in [-0.05, 0) is 34.7 Å². The molecule has 0 bridgehead atoms. The van der Waals surface area contributed by atoms with Crippen LogP contribution in [-0.4, -0.2) is 41.3 Å². The van der Waals surface area contributed by atoms with E-state index in [4.69, 9.17) is 23.7 Å². The molecule has 1 fully saturated rings. The van der Waals surface area contributed by atoms with E-state index in [1.165, 1.54) is 0 Å². The summed E-state index contributed by atoms with van der Waals surface area (Å²) in [6.07, 6.45) is -2.70. The molecule has 4 aromatic carbocycles. The van der Waals surface area contributed by atoms with Crippen LogP contribution in [0.2, 0.25) is 0 Å². The number of aliphatic hydroxyl groups is 2. The normalized spacial score (nSPS) is 21.3. The average molecular weight is 599 g/mol. The minimum absolute atomic E-state index is 0.179. The van der Waals surface area contributed by atoms with Crippen molar-refractivity contribution in [2.75, 3.05) is 6.61 Å². The fourth-order valence-corrected chi connectivity index (χ4v) is 4.99. The van der Waals surface area contributed by atoms with Gasteiger partial charge in [-0.2, -0.15) is 0 Å². The molecule has 8 nitrogen and oxygen atoms in total. The predicted molar refractivity (Wildman–Crippen MR) is 164 cm³/mol. The van der Waals surface area contributed by atoms with Crippen molar-refractivity contribution in [3.63, 3.8) is 0 Å². The van der Waals surface area contributed by atoms with E-state index < -0.39 is 31.1 Å². The number of ether oxygens (including phenoxy) is 5. The number of carbonyl (C=O) groups is 1. The van der Waals surface area contributed by atoms with E-state index in [-0.39, 0.29) is 37.2 Å². The Kier molecular flexibility index (Phi) is 10.5. The Hall–Kier alpha value is -4.37. The zero-order valence-electron chi connectivity index (χ0n) is 24.9. The van der Waals surface area contributed by atoms with Crippen LogP contribution in [0.15, 0.2) is 103 Å². The maximum atomic E-state index is 13.6. The third-order valence-corrected chi connectivity index (χ3v) is 7.85. The van der Waals surface area contributed by atoms with Gasteiger partial charge in [-0.25, -0.2) is 4.79 Å². The molecule has 0 aliphatic carbocycles. The summed E-state index contributed by atoms with van der Waals surface area (Å²) in [5, 5.41) is 20.2. The highest BCUT2D eigenvalue weighted by Crippen LogP contribution is 2.41. The molecule has 0 saturated carbocycles. The van der Waals surface area contributed by atoms with Gasteiger partial charge >= 0.3 is 5.97 Å². The van der Waals surface area contributed by atoms with Crippen molar-refractivity contribution >= 4 is 5.97 Å². The van der Waals surface area contributed by atoms with Crippen LogP contribution in [0.4, 0.5) is 0 Å². The van der Waals surface area contributed by atoms with E-state index in [1.807, 2.05) is 105 Å². The highest BCUT2D eigenvalue weighted by Gasteiger charge is 2.42. The third kappa shape index (κ3) is 7.77. The van der Waals surface area contributed by atoms with Crippen molar-refractivity contribution in [3.8, 4) is 17.2 Å². The molecule has 230 valence electrons. The van der Waals surface area contributed by atoms with Gasteiger partial charge in [-0.15, -0.1) is 0 Å². The van der Waals surface area contributed by atoms with Crippen molar-refractivity contribution < 1.29 is 38.7 Å². The van der Waals surface area contributed by atoms with E-state index in [2.05, 4.69) is 0 Å². The van der Waals surface area contributed by atoms with Crippen molar-refractivity contribution in [1.29, 1.82) is 0 Å². The average Bonchev–Trinajstić information content (AvgIpc) is 3.07. The van der Waals surface area contributed by atoms with Gasteiger partial charge < -0.3 is 33.9 Å². The number of aliphatic hydroxyl groups excluding tert-OH is 2. The van der Waals surface area contributed by atoms with Crippen LogP contribution in [0.3, 0.4) is 0 Å². The summed E-state index contributed by atoms with van der Waals surface area (Å²) in [5.74, 6) is -0.244. The number of hydrogen-bond donors (Lipinski definition) is 2. The number of hydrogen-bond acceptors (Lipinski definition) is 8. The second-order valence-corrected chi connectivity index (χ2v) is 11.0. The first-order chi connectivity index (χ1) is 21.4. The van der Waals surface area contributed by atoms with E-state index in [1.54, 1.807) is 12.1 Å². The molecule has 1 aliphatic heterocycles. The Morgan fingerprint density at radius 2 is 1.16 bits per heavy atom. The monoisotopic (exact) mass is 598 g/mol. The summed E-state index contributed by atoms with van der Waals surface area (Å²) in [5.41, 5.74) is 3.01. The van der Waals surface area contributed by atoms with Crippen molar-refractivity contribution in [2.45, 2.75) is 52.2 Å². The van der Waals surface area contributed by atoms with E-state index in [9.17, 15) is 15.0 Å². The summed E-state index contributed by atoms with van der Waals surface area (Å²) in [6, 6.07) is 32.3. The maximum Gasteiger partial charge on any atom is 0.340 e. The molecule has 1 aliphatic rings. The zero-order valence-corrected chi connectivity index (χ0v) is 24.9. The minimum Gasteiger partial charge on any atom is -0.485 e. The fraction of sp³-hybridized carbons (Fsp3) is 0.306. The molecular formula is C36H38O8. The Morgan fingerprint density at radius 3 is 1.61 bits per heavy atom. The van der Waals surface area contributed by atoms with Gasteiger partial charge in [0.15, 0.2) is 11.5 Å².